The zero-order valence-electron chi connectivity index (χ0n) is 6.96. The Labute approximate surface area is 82.1 Å². The van der Waals surface area contributed by atoms with Crippen LogP contribution >= 0.6 is 12.6 Å². The fourth-order valence-corrected chi connectivity index (χ4v) is 1.23. The van der Waals surface area contributed by atoms with E-state index in [1.807, 2.05) is 0 Å². The summed E-state index contributed by atoms with van der Waals surface area (Å²) in [4.78, 5) is 0. The molecule has 0 fully saturated rings. The molecule has 1 aromatic rings. The third-order valence-electron chi connectivity index (χ3n) is 1.76. The van der Waals surface area contributed by atoms with Gasteiger partial charge in [-0.2, -0.15) is 12.6 Å². The number of hydrogen-bond donors (Lipinski definition) is 4. The summed E-state index contributed by atoms with van der Waals surface area (Å²) in [5.41, 5.74) is 0.488. The molecule has 13 heavy (non-hydrogen) atoms. The highest BCUT2D eigenvalue weighted by Crippen LogP contribution is 2.21. The van der Waals surface area contributed by atoms with Gasteiger partial charge in [-0.05, 0) is 17.7 Å². The van der Waals surface area contributed by atoms with E-state index in [9.17, 15) is 10.2 Å². The molecule has 0 aliphatic carbocycles. The first-order valence-corrected chi connectivity index (χ1v) is 4.54. The van der Waals surface area contributed by atoms with Crippen LogP contribution in [0.15, 0.2) is 24.3 Å². The Morgan fingerprint density at radius 1 is 1.31 bits per heavy atom. The molecule has 0 amide bonds. The lowest BCUT2D eigenvalue weighted by Crippen LogP contribution is -2.19. The highest BCUT2D eigenvalue weighted by atomic mass is 32.1. The predicted molar refractivity (Wildman–Crippen MR) is 52.9 cm³/mol. The minimum Gasteiger partial charge on any atom is -0.508 e. The van der Waals surface area contributed by atoms with Crippen molar-refractivity contribution in [3.8, 4) is 5.75 Å². The van der Waals surface area contributed by atoms with E-state index in [0.717, 1.165) is 0 Å². The van der Waals surface area contributed by atoms with Crippen LogP contribution in [0.5, 0.6) is 5.75 Å². The van der Waals surface area contributed by atoms with Gasteiger partial charge in [-0.1, -0.05) is 12.1 Å². The van der Waals surface area contributed by atoms with Crippen LogP contribution in [-0.4, -0.2) is 27.2 Å². The number of rotatable bonds is 3. The summed E-state index contributed by atoms with van der Waals surface area (Å²) in [7, 11) is 0. The van der Waals surface area contributed by atoms with Gasteiger partial charge in [0.15, 0.2) is 0 Å². The Morgan fingerprint density at radius 2 is 2.00 bits per heavy atom. The van der Waals surface area contributed by atoms with Crippen molar-refractivity contribution in [2.24, 2.45) is 0 Å². The second-order valence-corrected chi connectivity index (χ2v) is 3.15. The van der Waals surface area contributed by atoms with Crippen molar-refractivity contribution in [3.63, 3.8) is 0 Å². The highest BCUT2D eigenvalue weighted by Gasteiger charge is 2.16. The molecule has 2 atom stereocenters. The van der Waals surface area contributed by atoms with E-state index in [1.165, 1.54) is 12.1 Å². The average Bonchev–Trinajstić information content (AvgIpc) is 2.15. The first-order valence-electron chi connectivity index (χ1n) is 3.91. The normalized spacial score (nSPS) is 15.3. The van der Waals surface area contributed by atoms with E-state index in [4.69, 9.17) is 5.11 Å². The van der Waals surface area contributed by atoms with E-state index >= 15 is 0 Å². The van der Waals surface area contributed by atoms with Crippen molar-refractivity contribution >= 4 is 12.6 Å². The molecule has 1 rings (SSSR count). The van der Waals surface area contributed by atoms with Gasteiger partial charge < -0.3 is 15.3 Å². The standard InChI is InChI=1S/C9H12O3S/c10-7-3-1-2-6(4-7)9(12)8(11)5-13/h1-4,8-13H,5H2. The lowest BCUT2D eigenvalue weighted by molar-refractivity contribution is 0.0336. The maximum absolute atomic E-state index is 9.50. The molecule has 0 saturated heterocycles. The number of aromatic hydroxyl groups is 1. The van der Waals surface area contributed by atoms with Gasteiger partial charge in [0.1, 0.15) is 11.9 Å². The third kappa shape index (κ3) is 2.62. The van der Waals surface area contributed by atoms with Gasteiger partial charge in [0.05, 0.1) is 6.10 Å². The van der Waals surface area contributed by atoms with Crippen LogP contribution in [0.4, 0.5) is 0 Å². The van der Waals surface area contributed by atoms with E-state index < -0.39 is 12.2 Å². The van der Waals surface area contributed by atoms with Gasteiger partial charge >= 0.3 is 0 Å². The minimum absolute atomic E-state index is 0.0721. The Balaban J connectivity index is 2.82. The second-order valence-electron chi connectivity index (χ2n) is 2.79. The van der Waals surface area contributed by atoms with Crippen LogP contribution in [0.3, 0.4) is 0 Å². The fourth-order valence-electron chi connectivity index (χ4n) is 1.03. The largest absolute Gasteiger partial charge is 0.508 e. The quantitative estimate of drug-likeness (QED) is 0.544. The highest BCUT2D eigenvalue weighted by molar-refractivity contribution is 7.80. The zero-order valence-corrected chi connectivity index (χ0v) is 7.85. The zero-order chi connectivity index (χ0) is 9.84. The summed E-state index contributed by atoms with van der Waals surface area (Å²) >= 11 is 3.86. The summed E-state index contributed by atoms with van der Waals surface area (Å²) in [6.07, 6.45) is -1.91. The average molecular weight is 200 g/mol. The molecule has 1 aromatic carbocycles. The Kier molecular flexibility index (Phi) is 3.59. The van der Waals surface area contributed by atoms with Crippen molar-refractivity contribution in [2.45, 2.75) is 12.2 Å². The Hall–Kier alpha value is -0.710. The molecule has 72 valence electrons. The SMILES string of the molecule is Oc1cccc(C(O)C(O)CS)c1. The fraction of sp³-hybridized carbons (Fsp3) is 0.333. The second kappa shape index (κ2) is 4.50. The molecule has 0 aliphatic heterocycles. The van der Waals surface area contributed by atoms with Gasteiger partial charge in [0, 0.05) is 5.75 Å². The van der Waals surface area contributed by atoms with Gasteiger partial charge in [0.2, 0.25) is 0 Å². The molecule has 3 nitrogen and oxygen atoms in total. The van der Waals surface area contributed by atoms with Crippen LogP contribution in [-0.2, 0) is 0 Å². The van der Waals surface area contributed by atoms with Crippen molar-refractivity contribution in [3.05, 3.63) is 29.8 Å². The number of aliphatic hydroxyl groups excluding tert-OH is 2. The van der Waals surface area contributed by atoms with E-state index in [2.05, 4.69) is 12.6 Å². The van der Waals surface area contributed by atoms with E-state index in [0.29, 0.717) is 5.56 Å². The molecule has 0 aliphatic rings. The van der Waals surface area contributed by atoms with Crippen LogP contribution in [0.1, 0.15) is 11.7 Å². The Bertz CT molecular complexity index is 277. The number of phenolic OH excluding ortho intramolecular Hbond substituents is 1. The summed E-state index contributed by atoms with van der Waals surface area (Å²) in [5, 5.41) is 27.9. The smallest absolute Gasteiger partial charge is 0.115 e. The van der Waals surface area contributed by atoms with Crippen LogP contribution in [0.25, 0.3) is 0 Å². The lowest BCUT2D eigenvalue weighted by Gasteiger charge is -2.15. The van der Waals surface area contributed by atoms with Crippen molar-refractivity contribution in [2.75, 3.05) is 5.75 Å². The lowest BCUT2D eigenvalue weighted by atomic mass is 10.1. The monoisotopic (exact) mass is 200 g/mol. The molecular weight excluding hydrogens is 188 g/mol. The van der Waals surface area contributed by atoms with Gasteiger partial charge in [-0.25, -0.2) is 0 Å². The summed E-state index contributed by atoms with van der Waals surface area (Å²) in [5.74, 6) is 0.250. The molecule has 0 radical (unpaired) electrons. The van der Waals surface area contributed by atoms with Crippen LogP contribution in [0, 0.1) is 0 Å². The molecule has 3 N–H and O–H groups in total. The predicted octanol–water partition coefficient (Wildman–Crippen LogP) is 0.716. The molecule has 0 saturated carbocycles. The molecule has 4 heteroatoms. The minimum atomic E-state index is -0.996. The number of phenols is 1. The third-order valence-corrected chi connectivity index (χ3v) is 2.14. The summed E-state index contributed by atoms with van der Waals surface area (Å²) < 4.78 is 0. The molecule has 0 spiro atoms. The summed E-state index contributed by atoms with van der Waals surface area (Å²) in [6, 6.07) is 6.16. The molecular formula is C9H12O3S. The maximum Gasteiger partial charge on any atom is 0.115 e. The van der Waals surface area contributed by atoms with Crippen LogP contribution < -0.4 is 0 Å². The van der Waals surface area contributed by atoms with Crippen molar-refractivity contribution in [1.82, 2.24) is 0 Å². The molecule has 2 unspecified atom stereocenters. The first kappa shape index (κ1) is 10.4. The maximum atomic E-state index is 9.50. The first-order chi connectivity index (χ1) is 6.15. The number of hydrogen-bond acceptors (Lipinski definition) is 4. The molecule has 0 bridgehead atoms. The van der Waals surface area contributed by atoms with Gasteiger partial charge in [-0.3, -0.25) is 0 Å². The number of thiol groups is 1. The van der Waals surface area contributed by atoms with Crippen molar-refractivity contribution in [1.29, 1.82) is 0 Å². The van der Waals surface area contributed by atoms with Gasteiger partial charge in [0.25, 0.3) is 0 Å². The number of aliphatic hydroxyl groups is 2. The molecule has 0 heterocycles. The van der Waals surface area contributed by atoms with Crippen LogP contribution in [0.2, 0.25) is 0 Å². The van der Waals surface area contributed by atoms with Crippen molar-refractivity contribution < 1.29 is 15.3 Å². The van der Waals surface area contributed by atoms with E-state index in [1.54, 1.807) is 12.1 Å². The Morgan fingerprint density at radius 3 is 2.54 bits per heavy atom. The summed E-state index contributed by atoms with van der Waals surface area (Å²) in [6.45, 7) is 0. The molecule has 0 aromatic heterocycles. The van der Waals surface area contributed by atoms with Gasteiger partial charge in [-0.15, -0.1) is 0 Å². The number of benzene rings is 1. The topological polar surface area (TPSA) is 60.7 Å². The van der Waals surface area contributed by atoms with E-state index in [-0.39, 0.29) is 11.5 Å².